The van der Waals surface area contributed by atoms with Gasteiger partial charge < -0.3 is 20.3 Å². The molecule has 24 heavy (non-hydrogen) atoms. The third kappa shape index (κ3) is 4.40. The molecule has 1 aliphatic heterocycles. The lowest BCUT2D eigenvalue weighted by atomic mass is 10.2. The molecular formula is C18H25N3O3. The Bertz CT molecular complexity index is 579. The Morgan fingerprint density at radius 2 is 1.79 bits per heavy atom. The highest BCUT2D eigenvalue weighted by atomic mass is 16.5. The second-order valence-corrected chi connectivity index (χ2v) is 6.42. The lowest BCUT2D eigenvalue weighted by molar-refractivity contribution is -0.128. The van der Waals surface area contributed by atoms with Gasteiger partial charge in [-0.05, 0) is 50.7 Å². The van der Waals surface area contributed by atoms with Gasteiger partial charge in [0.2, 0.25) is 5.91 Å². The predicted molar refractivity (Wildman–Crippen MR) is 92.2 cm³/mol. The van der Waals surface area contributed by atoms with Crippen LogP contribution in [0.2, 0.25) is 0 Å². The smallest absolute Gasteiger partial charge is 0.319 e. The number of ether oxygens (including phenoxy) is 1. The standard InChI is InChI=1S/C18H25N3O3/c22-17(21-11-5-6-12-21)13-19-18(23)20-15-9-3-4-10-16(15)24-14-7-1-2-8-14/h3-4,9-10,14H,1-2,5-8,11-13H2,(H2,19,20,23). The van der Waals surface area contributed by atoms with Crippen molar-refractivity contribution in [2.24, 2.45) is 0 Å². The highest BCUT2D eigenvalue weighted by Crippen LogP contribution is 2.29. The summed E-state index contributed by atoms with van der Waals surface area (Å²) in [6, 6.07) is 7.04. The van der Waals surface area contributed by atoms with Crippen LogP contribution in [0.5, 0.6) is 5.75 Å². The Hall–Kier alpha value is -2.24. The number of anilines is 1. The van der Waals surface area contributed by atoms with Gasteiger partial charge >= 0.3 is 6.03 Å². The molecule has 2 N–H and O–H groups in total. The molecule has 0 unspecified atom stereocenters. The maximum absolute atomic E-state index is 12.1. The van der Waals surface area contributed by atoms with Gasteiger partial charge in [0, 0.05) is 13.1 Å². The van der Waals surface area contributed by atoms with Crippen LogP contribution in [-0.4, -0.2) is 42.6 Å². The summed E-state index contributed by atoms with van der Waals surface area (Å²) < 4.78 is 6.00. The fourth-order valence-corrected chi connectivity index (χ4v) is 3.26. The second kappa shape index (κ2) is 8.04. The molecule has 1 aromatic rings. The number of nitrogens with zero attached hydrogens (tertiary/aromatic N) is 1. The van der Waals surface area contributed by atoms with Crippen LogP contribution < -0.4 is 15.4 Å². The normalized spacial score (nSPS) is 17.8. The van der Waals surface area contributed by atoms with Crippen molar-refractivity contribution in [3.05, 3.63) is 24.3 Å². The van der Waals surface area contributed by atoms with E-state index in [-0.39, 0.29) is 24.6 Å². The summed E-state index contributed by atoms with van der Waals surface area (Å²) in [6.07, 6.45) is 6.83. The van der Waals surface area contributed by atoms with Gasteiger partial charge in [-0.1, -0.05) is 12.1 Å². The maximum Gasteiger partial charge on any atom is 0.319 e. The lowest BCUT2D eigenvalue weighted by Crippen LogP contribution is -2.40. The Kier molecular flexibility index (Phi) is 5.56. The average molecular weight is 331 g/mol. The highest BCUT2D eigenvalue weighted by molar-refractivity contribution is 5.93. The Morgan fingerprint density at radius 1 is 1.08 bits per heavy atom. The zero-order chi connectivity index (χ0) is 16.8. The van der Waals surface area contributed by atoms with Crippen LogP contribution in [0.15, 0.2) is 24.3 Å². The van der Waals surface area contributed by atoms with E-state index in [1.807, 2.05) is 24.3 Å². The van der Waals surface area contributed by atoms with Crippen LogP contribution >= 0.6 is 0 Å². The molecule has 0 atom stereocenters. The first-order valence-electron chi connectivity index (χ1n) is 8.81. The molecule has 130 valence electrons. The molecule has 1 heterocycles. The molecule has 3 rings (SSSR count). The third-order valence-corrected chi connectivity index (χ3v) is 4.59. The van der Waals surface area contributed by atoms with Crippen molar-refractivity contribution in [2.75, 3.05) is 25.0 Å². The predicted octanol–water partition coefficient (Wildman–Crippen LogP) is 2.75. The minimum absolute atomic E-state index is 0.0253. The minimum Gasteiger partial charge on any atom is -0.488 e. The molecule has 6 heteroatoms. The largest absolute Gasteiger partial charge is 0.488 e. The minimum atomic E-state index is -0.384. The van der Waals surface area contributed by atoms with Crippen molar-refractivity contribution in [1.29, 1.82) is 0 Å². The van der Waals surface area contributed by atoms with Gasteiger partial charge in [-0.3, -0.25) is 4.79 Å². The summed E-state index contributed by atoms with van der Waals surface area (Å²) in [7, 11) is 0. The van der Waals surface area contributed by atoms with Gasteiger partial charge in [0.1, 0.15) is 5.75 Å². The molecule has 0 aromatic heterocycles. The molecular weight excluding hydrogens is 306 g/mol. The third-order valence-electron chi connectivity index (χ3n) is 4.59. The molecule has 0 spiro atoms. The van der Waals surface area contributed by atoms with Crippen molar-refractivity contribution in [3.63, 3.8) is 0 Å². The monoisotopic (exact) mass is 331 g/mol. The van der Waals surface area contributed by atoms with E-state index in [0.717, 1.165) is 38.8 Å². The van der Waals surface area contributed by atoms with Gasteiger partial charge in [0.25, 0.3) is 0 Å². The number of carbonyl (C=O) groups is 2. The average Bonchev–Trinajstić information content (AvgIpc) is 3.28. The zero-order valence-corrected chi connectivity index (χ0v) is 13.9. The Balaban J connectivity index is 1.51. The van der Waals surface area contributed by atoms with Crippen molar-refractivity contribution in [1.82, 2.24) is 10.2 Å². The van der Waals surface area contributed by atoms with E-state index < -0.39 is 0 Å². The summed E-state index contributed by atoms with van der Waals surface area (Å²) >= 11 is 0. The summed E-state index contributed by atoms with van der Waals surface area (Å²) in [5, 5.41) is 5.42. The first kappa shape index (κ1) is 16.6. The van der Waals surface area contributed by atoms with E-state index >= 15 is 0 Å². The molecule has 0 radical (unpaired) electrons. The second-order valence-electron chi connectivity index (χ2n) is 6.42. The van der Waals surface area contributed by atoms with Crippen LogP contribution in [-0.2, 0) is 4.79 Å². The van der Waals surface area contributed by atoms with Gasteiger partial charge in [0.05, 0.1) is 18.3 Å². The van der Waals surface area contributed by atoms with Crippen LogP contribution in [0.25, 0.3) is 0 Å². The number of rotatable bonds is 5. The molecule has 6 nitrogen and oxygen atoms in total. The van der Waals surface area contributed by atoms with Gasteiger partial charge in [-0.15, -0.1) is 0 Å². The highest BCUT2D eigenvalue weighted by Gasteiger charge is 2.20. The van der Waals surface area contributed by atoms with Crippen molar-refractivity contribution in [2.45, 2.75) is 44.6 Å². The molecule has 1 aromatic carbocycles. The SMILES string of the molecule is O=C(NCC(=O)N1CCCC1)Nc1ccccc1OC1CCCC1. The number of benzene rings is 1. The number of nitrogens with one attached hydrogen (secondary N) is 2. The summed E-state index contributed by atoms with van der Waals surface area (Å²) in [6.45, 7) is 1.61. The number of likely N-dealkylation sites (tertiary alicyclic amines) is 1. The summed E-state index contributed by atoms with van der Waals surface area (Å²) in [5.41, 5.74) is 0.635. The number of carbonyl (C=O) groups excluding carboxylic acids is 2. The molecule has 0 bridgehead atoms. The van der Waals surface area contributed by atoms with E-state index in [2.05, 4.69) is 10.6 Å². The first-order valence-corrected chi connectivity index (χ1v) is 8.81. The number of amides is 3. The van der Waals surface area contributed by atoms with Crippen LogP contribution in [0.4, 0.5) is 10.5 Å². The summed E-state index contributed by atoms with van der Waals surface area (Å²) in [5.74, 6) is 0.656. The lowest BCUT2D eigenvalue weighted by Gasteiger charge is -2.18. The van der Waals surface area contributed by atoms with E-state index in [1.165, 1.54) is 12.8 Å². The molecule has 1 saturated heterocycles. The zero-order valence-electron chi connectivity index (χ0n) is 13.9. The summed E-state index contributed by atoms with van der Waals surface area (Å²) in [4.78, 5) is 25.8. The Labute approximate surface area is 142 Å². The van der Waals surface area contributed by atoms with E-state index in [4.69, 9.17) is 4.74 Å². The Morgan fingerprint density at radius 3 is 2.54 bits per heavy atom. The van der Waals surface area contributed by atoms with Gasteiger partial charge in [0.15, 0.2) is 0 Å². The van der Waals surface area contributed by atoms with Gasteiger partial charge in [-0.25, -0.2) is 4.79 Å². The van der Waals surface area contributed by atoms with Crippen LogP contribution in [0.3, 0.4) is 0 Å². The molecule has 1 aliphatic carbocycles. The first-order chi connectivity index (χ1) is 11.7. The quantitative estimate of drug-likeness (QED) is 0.871. The number of hydrogen-bond donors (Lipinski definition) is 2. The molecule has 3 amide bonds. The van der Waals surface area contributed by atoms with Crippen LogP contribution in [0, 0.1) is 0 Å². The topological polar surface area (TPSA) is 70.7 Å². The number of para-hydroxylation sites is 2. The number of urea groups is 1. The fourth-order valence-electron chi connectivity index (χ4n) is 3.26. The molecule has 2 aliphatic rings. The molecule has 1 saturated carbocycles. The van der Waals surface area contributed by atoms with E-state index in [0.29, 0.717) is 11.4 Å². The van der Waals surface area contributed by atoms with E-state index in [1.54, 1.807) is 4.90 Å². The van der Waals surface area contributed by atoms with Gasteiger partial charge in [-0.2, -0.15) is 0 Å². The van der Waals surface area contributed by atoms with Crippen molar-refractivity contribution < 1.29 is 14.3 Å². The van der Waals surface area contributed by atoms with E-state index in [9.17, 15) is 9.59 Å². The van der Waals surface area contributed by atoms with Crippen LogP contribution in [0.1, 0.15) is 38.5 Å². The fraction of sp³-hybridized carbons (Fsp3) is 0.556. The molecule has 2 fully saturated rings. The van der Waals surface area contributed by atoms with Crippen molar-refractivity contribution >= 4 is 17.6 Å². The number of hydrogen-bond acceptors (Lipinski definition) is 3. The maximum atomic E-state index is 12.1. The van der Waals surface area contributed by atoms with Crippen molar-refractivity contribution in [3.8, 4) is 5.75 Å².